The van der Waals surface area contributed by atoms with E-state index >= 15 is 0 Å². The first kappa shape index (κ1) is 38.5. The number of hydrogen-bond acceptors (Lipinski definition) is 7. The Balaban J connectivity index is 1.15. The number of rotatable bonds is 18. The van der Waals surface area contributed by atoms with Gasteiger partial charge in [-0.3, -0.25) is 9.59 Å². The number of aromatic amines is 2. The number of hydrogen-bond donors (Lipinski definition) is 3. The smallest absolute Gasteiger partial charge is 0.223 e. The number of fused-ring (bicyclic) bond motifs is 2. The number of nitrogens with one attached hydrogen (secondary N) is 3. The summed E-state index contributed by atoms with van der Waals surface area (Å²) in [4.78, 5) is 42.5. The van der Waals surface area contributed by atoms with E-state index in [-0.39, 0.29) is 17.2 Å². The van der Waals surface area contributed by atoms with Gasteiger partial charge < -0.3 is 24.9 Å². The fraction of sp³-hybridized carbons (Fsp3) is 0.500. The van der Waals surface area contributed by atoms with Gasteiger partial charge in [0, 0.05) is 71.9 Å². The van der Waals surface area contributed by atoms with E-state index in [2.05, 4.69) is 103 Å². The summed E-state index contributed by atoms with van der Waals surface area (Å²) in [5.41, 5.74) is 6.04. The second-order valence-electron chi connectivity index (χ2n) is 14.4. The van der Waals surface area contributed by atoms with Crippen molar-refractivity contribution in [3.8, 4) is 34.0 Å². The van der Waals surface area contributed by atoms with Crippen LogP contribution in [0.2, 0.25) is 0 Å². The van der Waals surface area contributed by atoms with Gasteiger partial charge >= 0.3 is 0 Å². The molecule has 2 atom stereocenters. The zero-order valence-corrected chi connectivity index (χ0v) is 32.9. The topological polar surface area (TPSA) is 116 Å². The van der Waals surface area contributed by atoms with E-state index in [1.807, 2.05) is 24.3 Å². The lowest BCUT2D eigenvalue weighted by Gasteiger charge is -2.35. The summed E-state index contributed by atoms with van der Waals surface area (Å²) in [6, 6.07) is 12.8. The van der Waals surface area contributed by atoms with Crippen molar-refractivity contribution in [2.24, 2.45) is 11.8 Å². The summed E-state index contributed by atoms with van der Waals surface area (Å²) in [6.45, 7) is 13.0. The van der Waals surface area contributed by atoms with E-state index in [0.717, 1.165) is 94.0 Å². The van der Waals surface area contributed by atoms with Crippen molar-refractivity contribution in [1.82, 2.24) is 30.2 Å². The molecule has 9 nitrogen and oxygen atoms in total. The molecule has 0 saturated carbocycles. The van der Waals surface area contributed by atoms with Crippen LogP contribution in [0.4, 0.5) is 0 Å². The minimum absolute atomic E-state index is 0.125. The second-order valence-corrected chi connectivity index (χ2v) is 16.5. The molecular weight excluding hydrogens is 677 g/mol. The highest BCUT2D eigenvalue weighted by Gasteiger charge is 2.35. The molecule has 2 aromatic heterocycles. The molecule has 1 aliphatic heterocycles. The summed E-state index contributed by atoms with van der Waals surface area (Å²) in [5.74, 6) is 7.82. The van der Waals surface area contributed by atoms with Crippen molar-refractivity contribution in [1.29, 1.82) is 0 Å². The molecule has 3 N–H and O–H groups in total. The standard InChI is InChI=1S/C40H54N6O3S2/c1-8-26(3)18-38(47)43-24-50-16-14-36-41-22-32(44-36)28-11-13-34-31(20-28)40(5,6)30-12-10-29(21-35(30)49-34)33-23-42-37(45-33)15-17-51-25-46(7)39(48)19-27(4)9-2/h10-13,20-23,26-27H,8-9,14-19,24-25H2,1-7H3,(H,41,44)(H,42,45)(H,43,47). The predicted molar refractivity (Wildman–Crippen MR) is 211 cm³/mol. The van der Waals surface area contributed by atoms with Gasteiger partial charge in [0.2, 0.25) is 11.8 Å². The van der Waals surface area contributed by atoms with Crippen molar-refractivity contribution < 1.29 is 14.3 Å². The molecule has 2 amide bonds. The minimum Gasteiger partial charge on any atom is -0.457 e. The summed E-state index contributed by atoms with van der Waals surface area (Å²) in [5, 5.41) is 3.01. The number of carbonyl (C=O) groups excluding carboxylic acids is 2. The number of aromatic nitrogens is 4. The highest BCUT2D eigenvalue weighted by atomic mass is 32.2. The Morgan fingerprint density at radius 2 is 1.45 bits per heavy atom. The maximum atomic E-state index is 12.4. The van der Waals surface area contributed by atoms with Gasteiger partial charge in [-0.2, -0.15) is 0 Å². The number of amides is 2. The first-order chi connectivity index (χ1) is 24.5. The van der Waals surface area contributed by atoms with Crippen molar-refractivity contribution >= 4 is 35.3 Å². The predicted octanol–water partition coefficient (Wildman–Crippen LogP) is 8.81. The Bertz CT molecular complexity index is 1780. The maximum absolute atomic E-state index is 12.4. The number of imidazole rings is 2. The highest BCUT2D eigenvalue weighted by Crippen LogP contribution is 2.49. The molecular formula is C40H54N6O3S2. The Hall–Kier alpha value is -3.70. The Kier molecular flexibility index (Phi) is 13.4. The summed E-state index contributed by atoms with van der Waals surface area (Å²) < 4.78 is 6.52. The van der Waals surface area contributed by atoms with Crippen LogP contribution in [0.25, 0.3) is 22.5 Å². The van der Waals surface area contributed by atoms with Crippen LogP contribution in [0, 0.1) is 11.8 Å². The minimum atomic E-state index is -0.268. The number of thioether (sulfide) groups is 2. The number of ether oxygens (including phenoxy) is 1. The zero-order chi connectivity index (χ0) is 36.5. The monoisotopic (exact) mass is 730 g/mol. The molecule has 51 heavy (non-hydrogen) atoms. The molecule has 2 unspecified atom stereocenters. The van der Waals surface area contributed by atoms with Crippen LogP contribution in [0.3, 0.4) is 0 Å². The molecule has 0 bridgehead atoms. The van der Waals surface area contributed by atoms with E-state index in [1.165, 1.54) is 0 Å². The van der Waals surface area contributed by atoms with Crippen LogP contribution in [0.15, 0.2) is 48.8 Å². The Morgan fingerprint density at radius 3 is 2.12 bits per heavy atom. The number of benzene rings is 2. The van der Waals surface area contributed by atoms with Gasteiger partial charge in [-0.1, -0.05) is 66.5 Å². The molecule has 2 aromatic carbocycles. The third-order valence-electron chi connectivity index (χ3n) is 9.91. The van der Waals surface area contributed by atoms with Crippen LogP contribution in [-0.2, 0) is 27.8 Å². The van der Waals surface area contributed by atoms with E-state index < -0.39 is 0 Å². The Morgan fingerprint density at radius 1 is 0.843 bits per heavy atom. The summed E-state index contributed by atoms with van der Waals surface area (Å²) in [6.07, 6.45) is 8.63. The van der Waals surface area contributed by atoms with E-state index in [1.54, 1.807) is 23.5 Å². The molecule has 0 fully saturated rings. The van der Waals surface area contributed by atoms with E-state index in [0.29, 0.717) is 36.4 Å². The molecule has 0 saturated heterocycles. The van der Waals surface area contributed by atoms with Crippen LogP contribution in [0.1, 0.15) is 90.0 Å². The molecule has 5 rings (SSSR count). The fourth-order valence-electron chi connectivity index (χ4n) is 6.05. The maximum Gasteiger partial charge on any atom is 0.223 e. The second kappa shape index (κ2) is 17.7. The van der Waals surface area contributed by atoms with Crippen LogP contribution in [0.5, 0.6) is 11.5 Å². The van der Waals surface area contributed by atoms with Crippen molar-refractivity contribution in [3.05, 3.63) is 71.6 Å². The lowest BCUT2D eigenvalue weighted by molar-refractivity contribution is -0.129. The van der Waals surface area contributed by atoms with Crippen LogP contribution in [-0.4, -0.2) is 67.0 Å². The zero-order valence-electron chi connectivity index (χ0n) is 31.2. The van der Waals surface area contributed by atoms with Gasteiger partial charge in [-0.05, 0) is 36.1 Å². The highest BCUT2D eigenvalue weighted by molar-refractivity contribution is 7.99. The van der Waals surface area contributed by atoms with Crippen LogP contribution >= 0.6 is 23.5 Å². The SMILES string of the molecule is CCC(C)CC(=O)NCSCCc1ncc(-c2ccc3c(c2)C(C)(C)c2ccc(-c4cnc(CCSCN(C)C(=O)CC(C)CC)[nH]4)cc2O3)[nH]1. The van der Waals surface area contributed by atoms with Gasteiger partial charge in [-0.15, -0.1) is 23.5 Å². The molecule has 4 aromatic rings. The fourth-order valence-corrected chi connectivity index (χ4v) is 7.68. The van der Waals surface area contributed by atoms with E-state index in [4.69, 9.17) is 4.74 Å². The molecule has 0 radical (unpaired) electrons. The normalized spacial score (nSPS) is 14.3. The van der Waals surface area contributed by atoms with Gasteiger partial charge in [0.1, 0.15) is 23.1 Å². The molecule has 1 aliphatic rings. The van der Waals surface area contributed by atoms with Gasteiger partial charge in [0.15, 0.2) is 0 Å². The van der Waals surface area contributed by atoms with Gasteiger partial charge in [0.05, 0.1) is 35.5 Å². The Labute approximate surface area is 311 Å². The van der Waals surface area contributed by atoms with Crippen molar-refractivity contribution in [2.45, 2.75) is 85.5 Å². The lowest BCUT2D eigenvalue weighted by Crippen LogP contribution is -2.27. The molecule has 0 spiro atoms. The first-order valence-corrected chi connectivity index (χ1v) is 20.5. The number of H-pyrrole nitrogens is 2. The third kappa shape index (κ3) is 10.0. The van der Waals surface area contributed by atoms with Gasteiger partial charge in [0.25, 0.3) is 0 Å². The largest absolute Gasteiger partial charge is 0.457 e. The van der Waals surface area contributed by atoms with Crippen LogP contribution < -0.4 is 10.1 Å². The number of carbonyl (C=O) groups is 2. The summed E-state index contributed by atoms with van der Waals surface area (Å²) in [7, 11) is 1.89. The third-order valence-corrected chi connectivity index (χ3v) is 11.8. The van der Waals surface area contributed by atoms with E-state index in [9.17, 15) is 9.59 Å². The summed E-state index contributed by atoms with van der Waals surface area (Å²) >= 11 is 3.46. The number of aryl methyl sites for hydroxylation is 2. The number of nitrogens with zero attached hydrogens (tertiary/aromatic N) is 3. The lowest BCUT2D eigenvalue weighted by atomic mass is 9.75. The van der Waals surface area contributed by atoms with Crippen molar-refractivity contribution in [2.75, 3.05) is 30.3 Å². The first-order valence-electron chi connectivity index (χ1n) is 18.2. The molecule has 3 heterocycles. The average Bonchev–Trinajstić information content (AvgIpc) is 3.80. The van der Waals surface area contributed by atoms with Gasteiger partial charge in [-0.25, -0.2) is 9.97 Å². The molecule has 0 aliphatic carbocycles. The molecule has 11 heteroatoms. The molecule has 274 valence electrons. The average molecular weight is 731 g/mol. The van der Waals surface area contributed by atoms with Crippen molar-refractivity contribution in [3.63, 3.8) is 0 Å². The quantitative estimate of drug-likeness (QED) is 0.0692.